The van der Waals surface area contributed by atoms with Crippen LogP contribution in [0, 0.1) is 5.92 Å². The Labute approximate surface area is 114 Å². The molecule has 0 spiro atoms. The molecule has 2 saturated heterocycles. The van der Waals surface area contributed by atoms with Crippen LogP contribution in [0.25, 0.3) is 0 Å². The van der Waals surface area contributed by atoms with Crippen LogP contribution in [0.5, 0.6) is 0 Å². The molecule has 0 bridgehead atoms. The molecule has 6 heteroatoms. The number of piperidine rings is 1. The summed E-state index contributed by atoms with van der Waals surface area (Å²) in [6.45, 7) is 6.97. The van der Waals surface area contributed by atoms with Crippen molar-refractivity contribution in [1.29, 1.82) is 0 Å². The Hall–Kier alpha value is -1.14. The lowest BCUT2D eigenvalue weighted by Gasteiger charge is -2.24. The number of nitrogens with one attached hydrogen (secondary N) is 3. The number of nitrogens with zero attached hydrogens (tertiary/aromatic N) is 1. The second-order valence-corrected chi connectivity index (χ2v) is 5.83. The highest BCUT2D eigenvalue weighted by Gasteiger charge is 2.34. The highest BCUT2D eigenvalue weighted by molar-refractivity contribution is 5.95. The fourth-order valence-corrected chi connectivity index (χ4v) is 2.93. The molecule has 2 aliphatic heterocycles. The number of likely N-dealkylation sites (tertiary alicyclic amines) is 1. The van der Waals surface area contributed by atoms with E-state index in [0.717, 1.165) is 19.6 Å². The first-order valence-electron chi connectivity index (χ1n) is 7.10. The summed E-state index contributed by atoms with van der Waals surface area (Å²) in [5.74, 6) is 0.433. The summed E-state index contributed by atoms with van der Waals surface area (Å²) in [6.07, 6.45) is 2.46. The summed E-state index contributed by atoms with van der Waals surface area (Å²) in [5.41, 5.74) is 0. The van der Waals surface area contributed by atoms with E-state index in [0.29, 0.717) is 18.5 Å². The van der Waals surface area contributed by atoms with E-state index in [9.17, 15) is 9.59 Å². The minimum absolute atomic E-state index is 0.0339. The van der Waals surface area contributed by atoms with Crippen LogP contribution in [0.4, 0.5) is 4.79 Å². The molecule has 0 aromatic carbocycles. The van der Waals surface area contributed by atoms with Crippen LogP contribution >= 0.6 is 0 Å². The van der Waals surface area contributed by atoms with E-state index in [2.05, 4.69) is 20.9 Å². The number of imide groups is 1. The molecule has 0 aliphatic carbocycles. The average Bonchev–Trinajstić information content (AvgIpc) is 2.68. The zero-order valence-corrected chi connectivity index (χ0v) is 11.7. The highest BCUT2D eigenvalue weighted by Crippen LogP contribution is 2.24. The van der Waals surface area contributed by atoms with Crippen LogP contribution in [0.1, 0.15) is 26.7 Å². The molecular weight excluding hydrogens is 244 g/mol. The van der Waals surface area contributed by atoms with Gasteiger partial charge in [-0.2, -0.15) is 0 Å². The second kappa shape index (κ2) is 6.34. The summed E-state index contributed by atoms with van der Waals surface area (Å²) in [5, 5.41) is 8.51. The maximum absolute atomic E-state index is 11.8. The van der Waals surface area contributed by atoms with Crippen molar-refractivity contribution in [2.75, 3.05) is 26.2 Å². The Bertz CT molecular complexity index is 332. The molecule has 3 N–H and O–H groups in total. The molecule has 6 nitrogen and oxygen atoms in total. The van der Waals surface area contributed by atoms with E-state index in [-0.39, 0.29) is 11.9 Å². The molecule has 19 heavy (non-hydrogen) atoms. The molecule has 0 radical (unpaired) electrons. The minimum atomic E-state index is -0.408. The first-order valence-corrected chi connectivity index (χ1v) is 7.10. The van der Waals surface area contributed by atoms with Crippen LogP contribution in [-0.2, 0) is 4.79 Å². The smallest absolute Gasteiger partial charge is 0.321 e. The van der Waals surface area contributed by atoms with Crippen LogP contribution < -0.4 is 16.0 Å². The van der Waals surface area contributed by atoms with Gasteiger partial charge in [0.25, 0.3) is 0 Å². The zero-order valence-electron chi connectivity index (χ0n) is 11.7. The van der Waals surface area contributed by atoms with E-state index < -0.39 is 6.03 Å². The average molecular weight is 268 g/mol. The Morgan fingerprint density at radius 1 is 1.37 bits per heavy atom. The van der Waals surface area contributed by atoms with Gasteiger partial charge in [0, 0.05) is 25.2 Å². The van der Waals surface area contributed by atoms with E-state index in [4.69, 9.17) is 0 Å². The van der Waals surface area contributed by atoms with Gasteiger partial charge in [0.15, 0.2) is 0 Å². The number of fused-ring (bicyclic) bond motifs is 1. The number of hydrogen-bond acceptors (Lipinski definition) is 4. The topological polar surface area (TPSA) is 73.5 Å². The fourth-order valence-electron chi connectivity index (χ4n) is 2.93. The third kappa shape index (κ3) is 4.18. The normalized spacial score (nSPS) is 27.1. The molecule has 3 amide bonds. The van der Waals surface area contributed by atoms with Crippen molar-refractivity contribution in [3.05, 3.63) is 0 Å². The Morgan fingerprint density at radius 3 is 2.84 bits per heavy atom. The number of carbonyl (C=O) groups is 2. The molecule has 0 saturated carbocycles. The number of urea groups is 1. The van der Waals surface area contributed by atoms with Crippen molar-refractivity contribution in [3.63, 3.8) is 0 Å². The summed E-state index contributed by atoms with van der Waals surface area (Å²) in [4.78, 5) is 25.3. The molecule has 2 heterocycles. The maximum atomic E-state index is 11.8. The van der Waals surface area contributed by atoms with E-state index in [1.54, 1.807) is 0 Å². The van der Waals surface area contributed by atoms with Gasteiger partial charge < -0.3 is 10.6 Å². The summed E-state index contributed by atoms with van der Waals surface area (Å²) >= 11 is 0. The first kappa shape index (κ1) is 14.3. The molecule has 0 aromatic rings. The standard InChI is InChI=1S/C13H24N4O2/c1-9(2)15-13(19)16-12(18)8-17-6-10-4-3-5-14-11(10)7-17/h9-11,14H,3-8H2,1-2H3,(H2,15,16,18,19). The van der Waals surface area contributed by atoms with Gasteiger partial charge in [-0.25, -0.2) is 4.79 Å². The molecule has 0 aromatic heterocycles. The molecule has 2 atom stereocenters. The van der Waals surface area contributed by atoms with Crippen molar-refractivity contribution in [3.8, 4) is 0 Å². The van der Waals surface area contributed by atoms with Crippen LogP contribution in [-0.4, -0.2) is 55.1 Å². The monoisotopic (exact) mass is 268 g/mol. The van der Waals surface area contributed by atoms with Crippen LogP contribution in [0.15, 0.2) is 0 Å². The lowest BCUT2D eigenvalue weighted by molar-refractivity contribution is -0.120. The molecule has 2 fully saturated rings. The fraction of sp³-hybridized carbons (Fsp3) is 0.846. The summed E-state index contributed by atoms with van der Waals surface area (Å²) < 4.78 is 0. The number of amides is 3. The highest BCUT2D eigenvalue weighted by atomic mass is 16.2. The van der Waals surface area contributed by atoms with E-state index >= 15 is 0 Å². The lowest BCUT2D eigenvalue weighted by Crippen LogP contribution is -2.46. The van der Waals surface area contributed by atoms with Crippen LogP contribution in [0.2, 0.25) is 0 Å². The third-order valence-electron chi connectivity index (χ3n) is 3.71. The predicted molar refractivity (Wildman–Crippen MR) is 72.8 cm³/mol. The van der Waals surface area contributed by atoms with E-state index in [1.807, 2.05) is 13.8 Å². The Kier molecular flexibility index (Phi) is 4.76. The minimum Gasteiger partial charge on any atom is -0.336 e. The summed E-state index contributed by atoms with van der Waals surface area (Å²) in [6, 6.07) is 0.146. The maximum Gasteiger partial charge on any atom is 0.321 e. The van der Waals surface area contributed by atoms with Gasteiger partial charge in [-0.1, -0.05) is 0 Å². The van der Waals surface area contributed by atoms with E-state index in [1.165, 1.54) is 12.8 Å². The largest absolute Gasteiger partial charge is 0.336 e. The molecule has 2 aliphatic rings. The summed E-state index contributed by atoms with van der Waals surface area (Å²) in [7, 11) is 0. The third-order valence-corrected chi connectivity index (χ3v) is 3.71. The molecule has 2 unspecified atom stereocenters. The van der Waals surface area contributed by atoms with Crippen molar-refractivity contribution >= 4 is 11.9 Å². The van der Waals surface area contributed by atoms with Crippen molar-refractivity contribution in [2.24, 2.45) is 5.92 Å². The number of hydrogen-bond donors (Lipinski definition) is 3. The van der Waals surface area contributed by atoms with Crippen molar-refractivity contribution in [1.82, 2.24) is 20.9 Å². The lowest BCUT2D eigenvalue weighted by atomic mass is 9.94. The van der Waals surface area contributed by atoms with Gasteiger partial charge in [-0.05, 0) is 39.2 Å². The van der Waals surface area contributed by atoms with Gasteiger partial charge in [-0.15, -0.1) is 0 Å². The predicted octanol–water partition coefficient (Wildman–Crippen LogP) is -0.0956. The van der Waals surface area contributed by atoms with Crippen molar-refractivity contribution < 1.29 is 9.59 Å². The Morgan fingerprint density at radius 2 is 2.16 bits per heavy atom. The van der Waals surface area contributed by atoms with Gasteiger partial charge in [0.2, 0.25) is 5.91 Å². The molecule has 2 rings (SSSR count). The zero-order chi connectivity index (χ0) is 13.8. The molecular formula is C13H24N4O2. The van der Waals surface area contributed by atoms with Gasteiger partial charge in [0.1, 0.15) is 0 Å². The second-order valence-electron chi connectivity index (χ2n) is 5.83. The van der Waals surface area contributed by atoms with Gasteiger partial charge in [-0.3, -0.25) is 15.0 Å². The number of rotatable bonds is 3. The Balaban J connectivity index is 1.72. The van der Waals surface area contributed by atoms with Gasteiger partial charge >= 0.3 is 6.03 Å². The first-order chi connectivity index (χ1) is 9.04. The van der Waals surface area contributed by atoms with Gasteiger partial charge in [0.05, 0.1) is 6.54 Å². The quantitative estimate of drug-likeness (QED) is 0.668. The number of carbonyl (C=O) groups excluding carboxylic acids is 2. The SMILES string of the molecule is CC(C)NC(=O)NC(=O)CN1CC2CCCNC2C1. The van der Waals surface area contributed by atoms with Crippen molar-refractivity contribution in [2.45, 2.75) is 38.8 Å². The van der Waals surface area contributed by atoms with Crippen LogP contribution in [0.3, 0.4) is 0 Å². The molecule has 108 valence electrons.